The second-order valence-electron chi connectivity index (χ2n) is 12.4. The molecule has 0 saturated heterocycles. The fraction of sp³-hybridized carbons (Fsp3) is 0.0889. The maximum absolute atomic E-state index is 4.65. The first-order chi connectivity index (χ1) is 22.7. The average molecular weight is 590 g/mol. The Morgan fingerprint density at radius 2 is 1.07 bits per heavy atom. The van der Waals surface area contributed by atoms with Crippen LogP contribution in [0.1, 0.15) is 24.5 Å². The Bertz CT molecular complexity index is 2310. The lowest BCUT2D eigenvalue weighted by Gasteiger charge is -2.18. The normalized spacial score (nSPS) is 11.4. The van der Waals surface area contributed by atoms with E-state index in [4.69, 9.17) is 0 Å². The summed E-state index contributed by atoms with van der Waals surface area (Å²) in [6, 6.07) is 53.7. The Morgan fingerprint density at radius 3 is 1.72 bits per heavy atom. The summed E-state index contributed by atoms with van der Waals surface area (Å²) in [4.78, 5) is 4.65. The summed E-state index contributed by atoms with van der Waals surface area (Å²) in [5.74, 6) is 0. The summed E-state index contributed by atoms with van der Waals surface area (Å²) in [6.07, 6.45) is 4.19. The van der Waals surface area contributed by atoms with Gasteiger partial charge in [-0.15, -0.1) is 0 Å². The largest absolute Gasteiger partial charge is 0.256 e. The van der Waals surface area contributed by atoms with Crippen LogP contribution in [0.2, 0.25) is 0 Å². The lowest BCUT2D eigenvalue weighted by Crippen LogP contribution is -1.91. The van der Waals surface area contributed by atoms with Gasteiger partial charge in [0.15, 0.2) is 0 Å². The molecule has 1 nitrogen and oxygen atoms in total. The van der Waals surface area contributed by atoms with Gasteiger partial charge >= 0.3 is 0 Å². The van der Waals surface area contributed by atoms with Gasteiger partial charge in [0.05, 0.1) is 5.69 Å². The van der Waals surface area contributed by atoms with Gasteiger partial charge in [0.2, 0.25) is 0 Å². The van der Waals surface area contributed by atoms with Crippen LogP contribution in [0.4, 0.5) is 0 Å². The maximum atomic E-state index is 4.65. The van der Waals surface area contributed by atoms with E-state index in [1.807, 2.05) is 6.20 Å². The second kappa shape index (κ2) is 11.8. The van der Waals surface area contributed by atoms with E-state index in [1.54, 1.807) is 0 Å². The molecule has 0 aliphatic rings. The van der Waals surface area contributed by atoms with E-state index in [9.17, 15) is 0 Å². The molecular formula is C45H35N. The quantitative estimate of drug-likeness (QED) is 0.176. The Labute approximate surface area is 270 Å². The van der Waals surface area contributed by atoms with Crippen molar-refractivity contribution < 1.29 is 0 Å². The molecule has 1 heteroatoms. The van der Waals surface area contributed by atoms with E-state index in [-0.39, 0.29) is 0 Å². The van der Waals surface area contributed by atoms with Crippen molar-refractivity contribution in [3.05, 3.63) is 163 Å². The molecule has 46 heavy (non-hydrogen) atoms. The van der Waals surface area contributed by atoms with Crippen LogP contribution in [0, 0.1) is 6.92 Å². The van der Waals surface area contributed by atoms with Crippen molar-refractivity contribution in [2.24, 2.45) is 0 Å². The molecule has 1 aromatic heterocycles. The number of aromatic nitrogens is 1. The number of rotatable bonds is 6. The molecular weight excluding hydrogens is 555 g/mol. The van der Waals surface area contributed by atoms with Gasteiger partial charge in [0.25, 0.3) is 0 Å². The zero-order chi connectivity index (χ0) is 31.0. The Hall–Kier alpha value is -5.53. The molecule has 0 atom stereocenters. The number of nitrogens with zero attached hydrogens (tertiary/aromatic N) is 1. The Morgan fingerprint density at radius 1 is 0.457 bits per heavy atom. The molecule has 0 bridgehead atoms. The van der Waals surface area contributed by atoms with Crippen LogP contribution in [0.3, 0.4) is 0 Å². The van der Waals surface area contributed by atoms with Crippen LogP contribution in [0.15, 0.2) is 152 Å². The standard InChI is InChI=1S/C45H35N/c1-3-9-31-17-18-33-21-24-37(28-38(33)26-31)45-41-14-6-4-12-39(41)44(40-13-5-7-15-42(40)45)34-22-19-32(20-23-34)35-10-8-11-36(27-35)43-25-16-30(2)29-46-43/h4-8,10-29H,3,9H2,1-2H3. The van der Waals surface area contributed by atoms with Gasteiger partial charge in [-0.05, 0) is 108 Å². The highest BCUT2D eigenvalue weighted by Gasteiger charge is 2.17. The topological polar surface area (TPSA) is 12.9 Å². The van der Waals surface area contributed by atoms with Gasteiger partial charge in [0.1, 0.15) is 0 Å². The number of hydrogen-bond acceptors (Lipinski definition) is 1. The molecule has 0 fully saturated rings. The highest BCUT2D eigenvalue weighted by Crippen LogP contribution is 2.44. The van der Waals surface area contributed by atoms with Crippen molar-refractivity contribution in [3.63, 3.8) is 0 Å². The molecule has 7 aromatic carbocycles. The summed E-state index contributed by atoms with van der Waals surface area (Å²) >= 11 is 0. The van der Waals surface area contributed by atoms with Crippen molar-refractivity contribution in [2.45, 2.75) is 26.7 Å². The van der Waals surface area contributed by atoms with Crippen molar-refractivity contribution in [2.75, 3.05) is 0 Å². The Balaban J connectivity index is 1.26. The van der Waals surface area contributed by atoms with Crippen LogP contribution >= 0.6 is 0 Å². The molecule has 8 rings (SSSR count). The second-order valence-corrected chi connectivity index (χ2v) is 12.4. The predicted molar refractivity (Wildman–Crippen MR) is 197 cm³/mol. The van der Waals surface area contributed by atoms with Gasteiger partial charge in [0, 0.05) is 11.8 Å². The van der Waals surface area contributed by atoms with Crippen LogP contribution in [-0.4, -0.2) is 4.98 Å². The first kappa shape index (κ1) is 28.0. The van der Waals surface area contributed by atoms with Gasteiger partial charge < -0.3 is 0 Å². The average Bonchev–Trinajstić information content (AvgIpc) is 3.11. The van der Waals surface area contributed by atoms with E-state index >= 15 is 0 Å². The minimum absolute atomic E-state index is 0.995. The number of pyridine rings is 1. The lowest BCUT2D eigenvalue weighted by molar-refractivity contribution is 0.924. The van der Waals surface area contributed by atoms with Crippen molar-refractivity contribution in [1.82, 2.24) is 4.98 Å². The molecule has 0 radical (unpaired) electrons. The van der Waals surface area contributed by atoms with Gasteiger partial charge in [-0.1, -0.05) is 141 Å². The monoisotopic (exact) mass is 589 g/mol. The van der Waals surface area contributed by atoms with E-state index in [0.29, 0.717) is 0 Å². The van der Waals surface area contributed by atoms with Gasteiger partial charge in [-0.3, -0.25) is 4.98 Å². The fourth-order valence-electron chi connectivity index (χ4n) is 6.97. The Kier molecular flexibility index (Phi) is 7.15. The van der Waals surface area contributed by atoms with Gasteiger partial charge in [-0.2, -0.15) is 0 Å². The molecule has 0 aliphatic carbocycles. The lowest BCUT2D eigenvalue weighted by atomic mass is 9.85. The molecule has 0 spiro atoms. The summed E-state index contributed by atoms with van der Waals surface area (Å²) < 4.78 is 0. The molecule has 220 valence electrons. The number of aryl methyl sites for hydroxylation is 2. The SMILES string of the molecule is CCCc1ccc2ccc(-c3c4ccccc4c(-c4ccc(-c5cccc(-c6ccc(C)cn6)c5)cc4)c4ccccc34)cc2c1. The third-order valence-corrected chi connectivity index (χ3v) is 9.24. The van der Waals surface area contributed by atoms with Crippen LogP contribution < -0.4 is 0 Å². The van der Waals surface area contributed by atoms with Crippen molar-refractivity contribution >= 4 is 32.3 Å². The maximum Gasteiger partial charge on any atom is 0.0702 e. The number of benzene rings is 7. The minimum atomic E-state index is 0.995. The summed E-state index contributed by atoms with van der Waals surface area (Å²) in [7, 11) is 0. The minimum Gasteiger partial charge on any atom is -0.256 e. The molecule has 0 unspecified atom stereocenters. The zero-order valence-electron chi connectivity index (χ0n) is 26.3. The highest BCUT2D eigenvalue weighted by atomic mass is 14.7. The smallest absolute Gasteiger partial charge is 0.0702 e. The summed E-state index contributed by atoms with van der Waals surface area (Å²) in [5, 5.41) is 7.70. The van der Waals surface area contributed by atoms with E-state index < -0.39 is 0 Å². The summed E-state index contributed by atoms with van der Waals surface area (Å²) in [6.45, 7) is 4.32. The first-order valence-electron chi connectivity index (χ1n) is 16.3. The third kappa shape index (κ3) is 5.04. The predicted octanol–water partition coefficient (Wildman–Crippen LogP) is 12.5. The van der Waals surface area contributed by atoms with E-state index in [0.717, 1.165) is 24.1 Å². The fourth-order valence-corrected chi connectivity index (χ4v) is 6.97. The van der Waals surface area contributed by atoms with Gasteiger partial charge in [-0.25, -0.2) is 0 Å². The van der Waals surface area contributed by atoms with Crippen LogP contribution in [0.25, 0.3) is 77.0 Å². The van der Waals surface area contributed by atoms with Crippen molar-refractivity contribution in [3.8, 4) is 44.6 Å². The number of fused-ring (bicyclic) bond motifs is 3. The first-order valence-corrected chi connectivity index (χ1v) is 16.3. The molecule has 1 heterocycles. The van der Waals surface area contributed by atoms with Crippen LogP contribution in [-0.2, 0) is 6.42 Å². The highest BCUT2D eigenvalue weighted by molar-refractivity contribution is 6.21. The molecule has 0 amide bonds. The van der Waals surface area contributed by atoms with E-state index in [1.165, 1.54) is 76.8 Å². The molecule has 8 aromatic rings. The molecule has 0 N–H and O–H groups in total. The zero-order valence-corrected chi connectivity index (χ0v) is 26.3. The summed E-state index contributed by atoms with van der Waals surface area (Å²) in [5.41, 5.74) is 12.2. The molecule has 0 aliphatic heterocycles. The van der Waals surface area contributed by atoms with Crippen molar-refractivity contribution in [1.29, 1.82) is 0 Å². The third-order valence-electron chi connectivity index (χ3n) is 9.24. The van der Waals surface area contributed by atoms with E-state index in [2.05, 4.69) is 164 Å². The van der Waals surface area contributed by atoms with Crippen LogP contribution in [0.5, 0.6) is 0 Å². The molecule has 0 saturated carbocycles. The number of hydrogen-bond donors (Lipinski definition) is 0.